The van der Waals surface area contributed by atoms with E-state index in [-0.39, 0.29) is 5.91 Å². The van der Waals surface area contributed by atoms with Gasteiger partial charge in [-0.05, 0) is 19.8 Å². The van der Waals surface area contributed by atoms with Crippen molar-refractivity contribution in [2.75, 3.05) is 6.54 Å². The minimum atomic E-state index is 0.143. The van der Waals surface area contributed by atoms with Crippen LogP contribution in [0.15, 0.2) is 24.8 Å². The van der Waals surface area contributed by atoms with Crippen LogP contribution in [-0.2, 0) is 4.79 Å². The Morgan fingerprint density at radius 1 is 1.58 bits per heavy atom. The van der Waals surface area contributed by atoms with Crippen LogP contribution in [0.1, 0.15) is 26.2 Å². The van der Waals surface area contributed by atoms with Crippen LogP contribution in [-0.4, -0.2) is 12.5 Å². The third-order valence-electron chi connectivity index (χ3n) is 1.42. The molecule has 0 aromatic rings. The zero-order chi connectivity index (χ0) is 9.23. The highest BCUT2D eigenvalue weighted by Gasteiger charge is 1.95. The molecule has 0 saturated carbocycles. The molecule has 0 aliphatic heterocycles. The van der Waals surface area contributed by atoms with E-state index < -0.39 is 0 Å². The number of nitrogens with one attached hydrogen (secondary N) is 1. The molecule has 1 amide bonds. The molecule has 0 unspecified atom stereocenters. The lowest BCUT2D eigenvalue weighted by molar-refractivity contribution is -0.121. The molecule has 0 bridgehead atoms. The highest BCUT2D eigenvalue weighted by Crippen LogP contribution is 1.96. The Balaban J connectivity index is 3.24. The standard InChI is InChI=1S/C10H17NO/c1-3-5-6-7-8-9-10(12)11-4-2/h3,5-6H,1,4,7-9H2,2H3,(H,11,12)/b6-5-. The first-order valence-electron chi connectivity index (χ1n) is 4.35. The van der Waals surface area contributed by atoms with Gasteiger partial charge in [0.15, 0.2) is 0 Å². The fourth-order valence-electron chi connectivity index (χ4n) is 0.858. The predicted octanol–water partition coefficient (Wildman–Crippen LogP) is 2.03. The second kappa shape index (κ2) is 8.05. The molecule has 0 radical (unpaired) electrons. The minimum absolute atomic E-state index is 0.143. The maximum atomic E-state index is 10.9. The van der Waals surface area contributed by atoms with E-state index in [2.05, 4.69) is 11.9 Å². The van der Waals surface area contributed by atoms with Crippen LogP contribution in [0.25, 0.3) is 0 Å². The Morgan fingerprint density at radius 2 is 2.33 bits per heavy atom. The molecule has 0 rings (SSSR count). The van der Waals surface area contributed by atoms with E-state index in [4.69, 9.17) is 0 Å². The van der Waals surface area contributed by atoms with Crippen LogP contribution in [0.2, 0.25) is 0 Å². The van der Waals surface area contributed by atoms with Gasteiger partial charge in [-0.25, -0.2) is 0 Å². The van der Waals surface area contributed by atoms with E-state index in [0.29, 0.717) is 6.42 Å². The van der Waals surface area contributed by atoms with Gasteiger partial charge in [-0.3, -0.25) is 4.79 Å². The monoisotopic (exact) mass is 167 g/mol. The number of allylic oxidation sites excluding steroid dienone is 3. The van der Waals surface area contributed by atoms with Gasteiger partial charge in [0.05, 0.1) is 0 Å². The molecule has 0 fully saturated rings. The van der Waals surface area contributed by atoms with E-state index >= 15 is 0 Å². The fourth-order valence-corrected chi connectivity index (χ4v) is 0.858. The van der Waals surface area contributed by atoms with Crippen molar-refractivity contribution in [3.8, 4) is 0 Å². The SMILES string of the molecule is C=C/C=C\CCCC(=O)NCC. The van der Waals surface area contributed by atoms with E-state index in [0.717, 1.165) is 19.4 Å². The molecule has 0 atom stereocenters. The number of carbonyl (C=O) groups is 1. The van der Waals surface area contributed by atoms with Crippen LogP contribution in [0.4, 0.5) is 0 Å². The molecule has 0 aliphatic carbocycles. The number of unbranched alkanes of at least 4 members (excludes halogenated alkanes) is 1. The summed E-state index contributed by atoms with van der Waals surface area (Å²) in [6, 6.07) is 0. The quantitative estimate of drug-likeness (QED) is 0.476. The highest BCUT2D eigenvalue weighted by atomic mass is 16.1. The molecule has 1 N–H and O–H groups in total. The Labute approximate surface area is 74.4 Å². The average Bonchev–Trinajstić information content (AvgIpc) is 2.05. The van der Waals surface area contributed by atoms with Crippen LogP contribution < -0.4 is 5.32 Å². The third-order valence-corrected chi connectivity index (χ3v) is 1.42. The molecule has 0 heterocycles. The summed E-state index contributed by atoms with van der Waals surface area (Å²) in [6.07, 6.45) is 8.14. The summed E-state index contributed by atoms with van der Waals surface area (Å²) < 4.78 is 0. The van der Waals surface area contributed by atoms with Crippen LogP contribution in [0.5, 0.6) is 0 Å². The summed E-state index contributed by atoms with van der Waals surface area (Å²) in [5.41, 5.74) is 0. The van der Waals surface area contributed by atoms with E-state index in [1.165, 1.54) is 0 Å². The number of amides is 1. The second-order valence-corrected chi connectivity index (χ2v) is 2.51. The van der Waals surface area contributed by atoms with Gasteiger partial charge < -0.3 is 5.32 Å². The molecule has 0 saturated heterocycles. The fraction of sp³-hybridized carbons (Fsp3) is 0.500. The lowest BCUT2D eigenvalue weighted by Crippen LogP contribution is -2.21. The molecule has 2 heteroatoms. The normalized spacial score (nSPS) is 10.1. The summed E-state index contributed by atoms with van der Waals surface area (Å²) in [4.78, 5) is 10.9. The molecule has 0 aromatic heterocycles. The van der Waals surface area contributed by atoms with Gasteiger partial charge in [0.25, 0.3) is 0 Å². The van der Waals surface area contributed by atoms with Gasteiger partial charge in [0.2, 0.25) is 5.91 Å². The molecule has 0 aliphatic rings. The molecule has 12 heavy (non-hydrogen) atoms. The number of carbonyl (C=O) groups excluding carboxylic acids is 1. The lowest BCUT2D eigenvalue weighted by atomic mass is 10.2. The Hall–Kier alpha value is -1.05. The Kier molecular flexibility index (Phi) is 7.35. The van der Waals surface area contributed by atoms with E-state index in [9.17, 15) is 4.79 Å². The van der Waals surface area contributed by atoms with Crippen molar-refractivity contribution in [3.63, 3.8) is 0 Å². The number of hydrogen-bond acceptors (Lipinski definition) is 1. The third kappa shape index (κ3) is 7.06. The Morgan fingerprint density at radius 3 is 2.92 bits per heavy atom. The molecule has 68 valence electrons. The summed E-state index contributed by atoms with van der Waals surface area (Å²) in [6.45, 7) is 6.21. The zero-order valence-electron chi connectivity index (χ0n) is 7.68. The average molecular weight is 167 g/mol. The summed E-state index contributed by atoms with van der Waals surface area (Å²) in [7, 11) is 0. The van der Waals surface area contributed by atoms with Crippen molar-refractivity contribution < 1.29 is 4.79 Å². The smallest absolute Gasteiger partial charge is 0.219 e. The minimum Gasteiger partial charge on any atom is -0.356 e. The van der Waals surface area contributed by atoms with Crippen molar-refractivity contribution in [2.45, 2.75) is 26.2 Å². The maximum Gasteiger partial charge on any atom is 0.219 e. The van der Waals surface area contributed by atoms with Crippen molar-refractivity contribution in [1.82, 2.24) is 5.32 Å². The van der Waals surface area contributed by atoms with Gasteiger partial charge in [-0.1, -0.05) is 24.8 Å². The van der Waals surface area contributed by atoms with Crippen molar-refractivity contribution in [1.29, 1.82) is 0 Å². The second-order valence-electron chi connectivity index (χ2n) is 2.51. The largest absolute Gasteiger partial charge is 0.356 e. The maximum absolute atomic E-state index is 10.9. The van der Waals surface area contributed by atoms with E-state index in [1.807, 2.05) is 19.1 Å². The van der Waals surface area contributed by atoms with Crippen LogP contribution >= 0.6 is 0 Å². The summed E-state index contributed by atoms with van der Waals surface area (Å²) in [5, 5.41) is 2.75. The highest BCUT2D eigenvalue weighted by molar-refractivity contribution is 5.75. The zero-order valence-corrected chi connectivity index (χ0v) is 7.68. The molecule has 2 nitrogen and oxygen atoms in total. The summed E-state index contributed by atoms with van der Waals surface area (Å²) in [5.74, 6) is 0.143. The lowest BCUT2D eigenvalue weighted by Gasteiger charge is -1.98. The number of hydrogen-bond donors (Lipinski definition) is 1. The van der Waals surface area contributed by atoms with Gasteiger partial charge in [-0.15, -0.1) is 0 Å². The molecule has 0 spiro atoms. The topological polar surface area (TPSA) is 29.1 Å². The molecular formula is C10H17NO. The molecular weight excluding hydrogens is 150 g/mol. The first kappa shape index (κ1) is 11.0. The first-order valence-corrected chi connectivity index (χ1v) is 4.35. The van der Waals surface area contributed by atoms with E-state index in [1.54, 1.807) is 6.08 Å². The van der Waals surface area contributed by atoms with Crippen LogP contribution in [0.3, 0.4) is 0 Å². The van der Waals surface area contributed by atoms with Gasteiger partial charge >= 0.3 is 0 Å². The van der Waals surface area contributed by atoms with Gasteiger partial charge in [0, 0.05) is 13.0 Å². The van der Waals surface area contributed by atoms with Gasteiger partial charge in [0.1, 0.15) is 0 Å². The summed E-state index contributed by atoms with van der Waals surface area (Å²) >= 11 is 0. The number of rotatable bonds is 6. The van der Waals surface area contributed by atoms with Crippen molar-refractivity contribution in [2.24, 2.45) is 0 Å². The van der Waals surface area contributed by atoms with Crippen LogP contribution in [0, 0.1) is 0 Å². The predicted molar refractivity (Wildman–Crippen MR) is 51.9 cm³/mol. The van der Waals surface area contributed by atoms with Crippen molar-refractivity contribution in [3.05, 3.63) is 24.8 Å². The molecule has 0 aromatic carbocycles. The first-order chi connectivity index (χ1) is 5.81. The van der Waals surface area contributed by atoms with Crippen molar-refractivity contribution >= 4 is 5.91 Å². The Bertz CT molecular complexity index is 161. The van der Waals surface area contributed by atoms with Gasteiger partial charge in [-0.2, -0.15) is 0 Å².